The zero-order chi connectivity index (χ0) is 13.4. The van der Waals surface area contributed by atoms with Crippen LogP contribution in [-0.2, 0) is 6.42 Å². The van der Waals surface area contributed by atoms with E-state index in [-0.39, 0.29) is 0 Å². The van der Waals surface area contributed by atoms with Crippen molar-refractivity contribution >= 4 is 11.6 Å². The topological polar surface area (TPSA) is 21.3 Å². The first kappa shape index (κ1) is 15.3. The van der Waals surface area contributed by atoms with Crippen LogP contribution in [-0.4, -0.2) is 19.7 Å². The molecule has 0 spiro atoms. The van der Waals surface area contributed by atoms with Crippen molar-refractivity contribution < 1.29 is 4.74 Å². The highest BCUT2D eigenvalue weighted by molar-refractivity contribution is 6.31. The molecule has 1 aromatic carbocycles. The molecule has 0 aromatic heterocycles. The Morgan fingerprint density at radius 3 is 2.78 bits per heavy atom. The molecule has 0 aliphatic rings. The monoisotopic (exact) mass is 269 g/mol. The fraction of sp³-hybridized carbons (Fsp3) is 0.600. The van der Waals surface area contributed by atoms with Gasteiger partial charge in [-0.15, -0.1) is 0 Å². The molecular formula is C15H24ClNO. The van der Waals surface area contributed by atoms with Gasteiger partial charge in [0.1, 0.15) is 5.75 Å². The molecule has 0 fully saturated rings. The predicted octanol–water partition coefficient (Wildman–Crippen LogP) is 3.92. The quantitative estimate of drug-likeness (QED) is 0.723. The normalized spacial score (nSPS) is 10.9. The van der Waals surface area contributed by atoms with Crippen LogP contribution in [0.2, 0.25) is 5.02 Å². The van der Waals surface area contributed by atoms with Crippen molar-refractivity contribution in [3.63, 3.8) is 0 Å². The Labute approximate surface area is 116 Å². The molecule has 102 valence electrons. The van der Waals surface area contributed by atoms with E-state index in [1.54, 1.807) is 0 Å². The number of benzene rings is 1. The van der Waals surface area contributed by atoms with Gasteiger partial charge >= 0.3 is 0 Å². The number of ether oxygens (including phenoxy) is 1. The molecule has 3 heteroatoms. The number of hydrogen-bond acceptors (Lipinski definition) is 2. The summed E-state index contributed by atoms with van der Waals surface area (Å²) in [5, 5.41) is 4.22. The lowest BCUT2D eigenvalue weighted by atomic mass is 10.1. The first-order valence-corrected chi connectivity index (χ1v) is 7.13. The van der Waals surface area contributed by atoms with Crippen LogP contribution in [0.3, 0.4) is 0 Å². The Hall–Kier alpha value is -0.730. The zero-order valence-electron chi connectivity index (χ0n) is 11.6. The minimum absolute atomic E-state index is 0.703. The molecule has 0 aliphatic carbocycles. The van der Waals surface area contributed by atoms with Crippen molar-refractivity contribution in [2.75, 3.05) is 19.7 Å². The summed E-state index contributed by atoms with van der Waals surface area (Å²) in [4.78, 5) is 0. The number of halogens is 1. The number of aryl methyl sites for hydroxylation is 1. The van der Waals surface area contributed by atoms with Crippen LogP contribution in [0.5, 0.6) is 5.75 Å². The Morgan fingerprint density at radius 1 is 1.33 bits per heavy atom. The first-order valence-electron chi connectivity index (χ1n) is 6.75. The maximum Gasteiger partial charge on any atom is 0.119 e. The molecule has 0 bridgehead atoms. The zero-order valence-corrected chi connectivity index (χ0v) is 12.4. The van der Waals surface area contributed by atoms with E-state index in [0.717, 1.165) is 48.9 Å². The van der Waals surface area contributed by atoms with Gasteiger partial charge < -0.3 is 10.1 Å². The van der Waals surface area contributed by atoms with Crippen LogP contribution in [0.1, 0.15) is 32.8 Å². The van der Waals surface area contributed by atoms with Gasteiger partial charge in [-0.2, -0.15) is 0 Å². The van der Waals surface area contributed by atoms with Crippen molar-refractivity contribution in [2.24, 2.45) is 5.92 Å². The second kappa shape index (κ2) is 8.39. The second-order valence-corrected chi connectivity index (χ2v) is 5.31. The lowest BCUT2D eigenvalue weighted by Crippen LogP contribution is -2.22. The second-order valence-electron chi connectivity index (χ2n) is 4.91. The molecule has 1 rings (SSSR count). The minimum atomic E-state index is 0.703. The Balaban J connectivity index is 2.23. The highest BCUT2D eigenvalue weighted by Crippen LogP contribution is 2.22. The third-order valence-corrected chi connectivity index (χ3v) is 3.09. The van der Waals surface area contributed by atoms with E-state index in [2.05, 4.69) is 26.1 Å². The fourth-order valence-corrected chi connectivity index (χ4v) is 1.94. The summed E-state index contributed by atoms with van der Waals surface area (Å²) in [6.07, 6.45) is 1.96. The van der Waals surface area contributed by atoms with E-state index in [9.17, 15) is 0 Å². The van der Waals surface area contributed by atoms with Gasteiger partial charge in [0.2, 0.25) is 0 Å². The van der Waals surface area contributed by atoms with E-state index in [4.69, 9.17) is 16.3 Å². The van der Waals surface area contributed by atoms with Gasteiger partial charge in [-0.05, 0) is 55.6 Å². The summed E-state index contributed by atoms with van der Waals surface area (Å²) in [6.45, 7) is 9.34. The van der Waals surface area contributed by atoms with Crippen LogP contribution in [0, 0.1) is 5.92 Å². The lowest BCUT2D eigenvalue weighted by molar-refractivity contribution is 0.307. The molecular weight excluding hydrogens is 246 g/mol. The molecule has 0 saturated heterocycles. The van der Waals surface area contributed by atoms with E-state index < -0.39 is 0 Å². The lowest BCUT2D eigenvalue weighted by Gasteiger charge is -2.10. The maximum atomic E-state index is 6.06. The average Bonchev–Trinajstić information content (AvgIpc) is 2.35. The van der Waals surface area contributed by atoms with Crippen LogP contribution in [0.15, 0.2) is 18.2 Å². The first-order chi connectivity index (χ1) is 8.63. The average molecular weight is 270 g/mol. The maximum absolute atomic E-state index is 6.06. The van der Waals surface area contributed by atoms with Crippen LogP contribution in [0.25, 0.3) is 0 Å². The van der Waals surface area contributed by atoms with Crippen molar-refractivity contribution in [1.29, 1.82) is 0 Å². The summed E-state index contributed by atoms with van der Waals surface area (Å²) in [7, 11) is 0. The Kier molecular flexibility index (Phi) is 7.14. The molecule has 18 heavy (non-hydrogen) atoms. The highest BCUT2D eigenvalue weighted by Gasteiger charge is 2.01. The third-order valence-electron chi connectivity index (χ3n) is 2.72. The summed E-state index contributed by atoms with van der Waals surface area (Å²) in [5.41, 5.74) is 1.15. The molecule has 2 nitrogen and oxygen atoms in total. The number of hydrogen-bond donors (Lipinski definition) is 1. The van der Waals surface area contributed by atoms with E-state index in [1.807, 2.05) is 18.2 Å². The molecule has 0 heterocycles. The van der Waals surface area contributed by atoms with Crippen molar-refractivity contribution in [3.8, 4) is 5.75 Å². The predicted molar refractivity (Wildman–Crippen MR) is 78.6 cm³/mol. The number of nitrogens with one attached hydrogen (secondary N) is 1. The number of rotatable bonds is 8. The standard InChI is InChI=1S/C15H24ClNO/c1-4-13-10-14(6-7-15(13)16)18-9-5-8-17-11-12(2)3/h6-7,10,12,17H,4-5,8-9,11H2,1-3H3. The minimum Gasteiger partial charge on any atom is -0.494 e. The van der Waals surface area contributed by atoms with Crippen molar-refractivity contribution in [1.82, 2.24) is 5.32 Å². The molecule has 0 saturated carbocycles. The smallest absolute Gasteiger partial charge is 0.119 e. The van der Waals surface area contributed by atoms with Crippen molar-refractivity contribution in [2.45, 2.75) is 33.6 Å². The van der Waals surface area contributed by atoms with Crippen molar-refractivity contribution in [3.05, 3.63) is 28.8 Å². The largest absolute Gasteiger partial charge is 0.494 e. The Morgan fingerprint density at radius 2 is 2.11 bits per heavy atom. The molecule has 1 aromatic rings. The molecule has 0 radical (unpaired) electrons. The van der Waals surface area contributed by atoms with Crippen LogP contribution < -0.4 is 10.1 Å². The highest BCUT2D eigenvalue weighted by atomic mass is 35.5. The summed E-state index contributed by atoms with van der Waals surface area (Å²) in [5.74, 6) is 1.62. The van der Waals surface area contributed by atoms with E-state index >= 15 is 0 Å². The summed E-state index contributed by atoms with van der Waals surface area (Å²) < 4.78 is 5.71. The van der Waals surface area contributed by atoms with Gasteiger partial charge in [-0.25, -0.2) is 0 Å². The molecule has 1 N–H and O–H groups in total. The van der Waals surface area contributed by atoms with E-state index in [1.165, 1.54) is 0 Å². The summed E-state index contributed by atoms with van der Waals surface area (Å²) >= 11 is 6.06. The van der Waals surface area contributed by atoms with E-state index in [0.29, 0.717) is 5.92 Å². The SMILES string of the molecule is CCc1cc(OCCCNCC(C)C)ccc1Cl. The molecule has 0 aliphatic heterocycles. The van der Waals surface area contributed by atoms with Gasteiger partial charge in [-0.3, -0.25) is 0 Å². The molecule has 0 atom stereocenters. The van der Waals surface area contributed by atoms with Gasteiger partial charge in [0.05, 0.1) is 6.61 Å². The van der Waals surface area contributed by atoms with Gasteiger partial charge in [0, 0.05) is 5.02 Å². The Bertz CT molecular complexity index is 352. The molecule has 0 amide bonds. The van der Waals surface area contributed by atoms with Gasteiger partial charge in [0.25, 0.3) is 0 Å². The van der Waals surface area contributed by atoms with Gasteiger partial charge in [-0.1, -0.05) is 32.4 Å². The summed E-state index contributed by atoms with van der Waals surface area (Å²) in [6, 6.07) is 5.87. The fourth-order valence-electron chi connectivity index (χ4n) is 1.69. The third kappa shape index (κ3) is 5.74. The van der Waals surface area contributed by atoms with Gasteiger partial charge in [0.15, 0.2) is 0 Å². The molecule has 0 unspecified atom stereocenters. The van der Waals surface area contributed by atoms with Crippen LogP contribution in [0.4, 0.5) is 0 Å². The van der Waals surface area contributed by atoms with Crippen LogP contribution >= 0.6 is 11.6 Å².